The van der Waals surface area contributed by atoms with E-state index in [0.29, 0.717) is 25.2 Å². The molecule has 0 aliphatic heterocycles. The number of ether oxygens (including phenoxy) is 1. The van der Waals surface area contributed by atoms with E-state index in [0.717, 1.165) is 12.8 Å². The van der Waals surface area contributed by atoms with Gasteiger partial charge < -0.3 is 4.74 Å². The quantitative estimate of drug-likeness (QED) is 0.592. The second-order valence-corrected chi connectivity index (χ2v) is 5.37. The fourth-order valence-corrected chi connectivity index (χ4v) is 3.00. The first-order valence-corrected chi connectivity index (χ1v) is 7.63. The van der Waals surface area contributed by atoms with Crippen molar-refractivity contribution in [2.75, 3.05) is 6.61 Å². The lowest BCUT2D eigenvalue weighted by molar-refractivity contribution is -0.137. The third-order valence-electron chi connectivity index (χ3n) is 4.00. The van der Waals surface area contributed by atoms with Crippen molar-refractivity contribution < 1.29 is 14.3 Å². The lowest BCUT2D eigenvalue weighted by atomic mass is 9.82. The molecule has 3 heteroatoms. The van der Waals surface area contributed by atoms with Crippen molar-refractivity contribution >= 4 is 11.8 Å². The van der Waals surface area contributed by atoms with Gasteiger partial charge in [0.1, 0.15) is 5.78 Å². The Labute approximate surface area is 126 Å². The van der Waals surface area contributed by atoms with Crippen LogP contribution in [0.1, 0.15) is 44.1 Å². The number of hydrogen-bond acceptors (Lipinski definition) is 3. The first-order chi connectivity index (χ1) is 10.2. The smallest absolute Gasteiger partial charge is 0.330 e. The van der Waals surface area contributed by atoms with E-state index in [1.807, 2.05) is 24.3 Å². The van der Waals surface area contributed by atoms with Crippen LogP contribution in [0.5, 0.6) is 0 Å². The molecule has 0 saturated heterocycles. The van der Waals surface area contributed by atoms with Gasteiger partial charge in [0, 0.05) is 18.4 Å². The molecule has 1 fully saturated rings. The number of allylic oxidation sites excluding steroid dienone is 1. The molecule has 0 spiro atoms. The number of benzene rings is 1. The Hall–Kier alpha value is -1.90. The summed E-state index contributed by atoms with van der Waals surface area (Å²) < 4.78 is 4.88. The molecule has 3 nitrogen and oxygen atoms in total. The van der Waals surface area contributed by atoms with Gasteiger partial charge in [-0.15, -0.1) is 0 Å². The number of hydrogen-bond donors (Lipinski definition) is 0. The maximum Gasteiger partial charge on any atom is 0.330 e. The Morgan fingerprint density at radius 1 is 1.38 bits per heavy atom. The van der Waals surface area contributed by atoms with Crippen LogP contribution < -0.4 is 0 Å². The predicted octanol–water partition coefficient (Wildman–Crippen LogP) is 3.65. The van der Waals surface area contributed by atoms with Gasteiger partial charge in [0.2, 0.25) is 0 Å². The van der Waals surface area contributed by atoms with Crippen LogP contribution in [0, 0.1) is 5.92 Å². The van der Waals surface area contributed by atoms with Gasteiger partial charge in [0.15, 0.2) is 0 Å². The van der Waals surface area contributed by atoms with Crippen LogP contribution in [-0.4, -0.2) is 18.4 Å². The highest BCUT2D eigenvalue weighted by molar-refractivity contribution is 5.84. The van der Waals surface area contributed by atoms with Gasteiger partial charge in [-0.1, -0.05) is 36.4 Å². The van der Waals surface area contributed by atoms with E-state index in [1.165, 1.54) is 11.6 Å². The highest BCUT2D eigenvalue weighted by Gasteiger charge is 2.32. The van der Waals surface area contributed by atoms with Crippen molar-refractivity contribution in [3.05, 3.63) is 48.0 Å². The molecule has 0 amide bonds. The summed E-state index contributed by atoms with van der Waals surface area (Å²) in [4.78, 5) is 23.4. The van der Waals surface area contributed by atoms with E-state index in [2.05, 4.69) is 12.1 Å². The van der Waals surface area contributed by atoms with Gasteiger partial charge in [0.25, 0.3) is 0 Å². The standard InChI is InChI=1S/C18H22O3/c1-2-21-18(20)13-7-10-15(14-8-4-3-5-9-14)16-11-6-12-17(16)19/h3-5,7-9,13,15-16H,2,6,10-12H2,1H3/b13-7+/t15-,16-/m0/s1. The van der Waals surface area contributed by atoms with Gasteiger partial charge in [0.05, 0.1) is 6.61 Å². The Morgan fingerprint density at radius 3 is 2.76 bits per heavy atom. The monoisotopic (exact) mass is 286 g/mol. The number of ketones is 1. The topological polar surface area (TPSA) is 43.4 Å². The predicted molar refractivity (Wildman–Crippen MR) is 81.9 cm³/mol. The van der Waals surface area contributed by atoms with Gasteiger partial charge in [-0.2, -0.15) is 0 Å². The summed E-state index contributed by atoms with van der Waals surface area (Å²) in [5, 5.41) is 0. The van der Waals surface area contributed by atoms with Crippen LogP contribution in [-0.2, 0) is 14.3 Å². The Kier molecular flexibility index (Phi) is 5.73. The molecule has 2 atom stereocenters. The summed E-state index contributed by atoms with van der Waals surface area (Å²) in [7, 11) is 0. The average molecular weight is 286 g/mol. The molecule has 2 rings (SSSR count). The number of Topliss-reactive ketones (excluding diaryl/α,β-unsaturated/α-hetero) is 1. The molecule has 1 aliphatic carbocycles. The fraction of sp³-hybridized carbons (Fsp3) is 0.444. The zero-order valence-electron chi connectivity index (χ0n) is 12.5. The van der Waals surface area contributed by atoms with Gasteiger partial charge in [-0.3, -0.25) is 4.79 Å². The number of carbonyl (C=O) groups excluding carboxylic acids is 2. The van der Waals surface area contributed by atoms with Gasteiger partial charge in [-0.25, -0.2) is 4.79 Å². The SMILES string of the molecule is CCOC(=O)/C=C/C[C@@H](c1ccccc1)[C@@H]1CCCC1=O. The first-order valence-electron chi connectivity index (χ1n) is 7.63. The molecular formula is C18H22O3. The third kappa shape index (κ3) is 4.28. The Bertz CT molecular complexity index is 504. The van der Waals surface area contributed by atoms with E-state index in [4.69, 9.17) is 4.74 Å². The van der Waals surface area contributed by atoms with Crippen molar-refractivity contribution in [1.29, 1.82) is 0 Å². The number of rotatable bonds is 6. The second-order valence-electron chi connectivity index (χ2n) is 5.37. The van der Waals surface area contributed by atoms with Crippen molar-refractivity contribution in [3.8, 4) is 0 Å². The molecule has 1 aromatic carbocycles. The minimum absolute atomic E-state index is 0.0826. The molecular weight excluding hydrogens is 264 g/mol. The largest absolute Gasteiger partial charge is 0.463 e. The summed E-state index contributed by atoms with van der Waals surface area (Å²) in [5.74, 6) is 0.279. The van der Waals surface area contributed by atoms with Gasteiger partial charge in [-0.05, 0) is 37.7 Å². The summed E-state index contributed by atoms with van der Waals surface area (Å²) in [6, 6.07) is 10.1. The van der Waals surface area contributed by atoms with E-state index < -0.39 is 0 Å². The third-order valence-corrected chi connectivity index (χ3v) is 4.00. The molecule has 1 aliphatic rings. The Balaban J connectivity index is 2.09. The minimum Gasteiger partial charge on any atom is -0.463 e. The summed E-state index contributed by atoms with van der Waals surface area (Å²) in [6.45, 7) is 2.17. The van der Waals surface area contributed by atoms with Crippen LogP contribution >= 0.6 is 0 Å². The molecule has 0 unspecified atom stereocenters. The number of carbonyl (C=O) groups is 2. The molecule has 0 radical (unpaired) electrons. The highest BCUT2D eigenvalue weighted by atomic mass is 16.5. The zero-order valence-corrected chi connectivity index (χ0v) is 12.5. The lowest BCUT2D eigenvalue weighted by Gasteiger charge is -2.21. The van der Waals surface area contributed by atoms with Crippen molar-refractivity contribution in [2.45, 2.75) is 38.5 Å². The first kappa shape index (κ1) is 15.5. The Morgan fingerprint density at radius 2 is 2.14 bits per heavy atom. The molecule has 0 aromatic heterocycles. The normalized spacial score (nSPS) is 19.9. The fourth-order valence-electron chi connectivity index (χ4n) is 3.00. The van der Waals surface area contributed by atoms with Crippen LogP contribution in [0.15, 0.2) is 42.5 Å². The van der Waals surface area contributed by atoms with Crippen LogP contribution in [0.4, 0.5) is 0 Å². The summed E-state index contributed by atoms with van der Waals surface area (Å²) >= 11 is 0. The van der Waals surface area contributed by atoms with Gasteiger partial charge >= 0.3 is 5.97 Å². The van der Waals surface area contributed by atoms with E-state index >= 15 is 0 Å². The van der Waals surface area contributed by atoms with Crippen molar-refractivity contribution in [2.24, 2.45) is 5.92 Å². The van der Waals surface area contributed by atoms with Crippen LogP contribution in [0.25, 0.3) is 0 Å². The van der Waals surface area contributed by atoms with E-state index in [-0.39, 0.29) is 17.8 Å². The molecule has 1 aromatic rings. The molecule has 0 N–H and O–H groups in total. The van der Waals surface area contributed by atoms with E-state index in [1.54, 1.807) is 6.92 Å². The summed E-state index contributed by atoms with van der Waals surface area (Å²) in [5.41, 5.74) is 1.17. The summed E-state index contributed by atoms with van der Waals surface area (Å²) in [6.07, 6.45) is 6.62. The number of esters is 1. The molecule has 0 heterocycles. The lowest BCUT2D eigenvalue weighted by Crippen LogP contribution is -2.17. The van der Waals surface area contributed by atoms with Crippen LogP contribution in [0.3, 0.4) is 0 Å². The average Bonchev–Trinajstić information content (AvgIpc) is 2.91. The molecule has 0 bridgehead atoms. The molecule has 112 valence electrons. The highest BCUT2D eigenvalue weighted by Crippen LogP contribution is 2.37. The van der Waals surface area contributed by atoms with E-state index in [9.17, 15) is 9.59 Å². The van der Waals surface area contributed by atoms with Crippen molar-refractivity contribution in [1.82, 2.24) is 0 Å². The van der Waals surface area contributed by atoms with Crippen LogP contribution in [0.2, 0.25) is 0 Å². The zero-order chi connectivity index (χ0) is 15.1. The molecule has 1 saturated carbocycles. The molecule has 21 heavy (non-hydrogen) atoms. The van der Waals surface area contributed by atoms with Crippen molar-refractivity contribution in [3.63, 3.8) is 0 Å². The second kappa shape index (κ2) is 7.77. The minimum atomic E-state index is -0.318. The maximum atomic E-state index is 12.1. The maximum absolute atomic E-state index is 12.1.